The summed E-state index contributed by atoms with van der Waals surface area (Å²) in [4.78, 5) is 23.5. The lowest BCUT2D eigenvalue weighted by Crippen LogP contribution is -2.37. The van der Waals surface area contributed by atoms with Crippen molar-refractivity contribution in [3.63, 3.8) is 0 Å². The molecule has 1 aliphatic heterocycles. The molecule has 0 radical (unpaired) electrons. The second-order valence-corrected chi connectivity index (χ2v) is 5.29. The van der Waals surface area contributed by atoms with Crippen LogP contribution in [0.4, 0.5) is 0 Å². The molecule has 1 rings (SSSR count). The lowest BCUT2D eigenvalue weighted by Gasteiger charge is -2.32. The summed E-state index contributed by atoms with van der Waals surface area (Å²) in [5.74, 6) is 0.671. The lowest BCUT2D eigenvalue weighted by atomic mass is 9.89. The van der Waals surface area contributed by atoms with Crippen LogP contribution >= 0.6 is 15.9 Å². The van der Waals surface area contributed by atoms with Crippen LogP contribution < -0.4 is 5.32 Å². The summed E-state index contributed by atoms with van der Waals surface area (Å²) in [6.07, 6.45) is 4.85. The highest BCUT2D eigenvalue weighted by molar-refractivity contribution is 9.09. The zero-order chi connectivity index (χ0) is 13.5. The van der Waals surface area contributed by atoms with E-state index in [9.17, 15) is 9.59 Å². The topological polar surface area (TPSA) is 49.4 Å². The third-order valence-corrected chi connectivity index (χ3v) is 4.06. The van der Waals surface area contributed by atoms with Gasteiger partial charge in [-0.3, -0.25) is 9.59 Å². The van der Waals surface area contributed by atoms with Gasteiger partial charge in [0.2, 0.25) is 12.3 Å². The summed E-state index contributed by atoms with van der Waals surface area (Å²) in [7, 11) is 0. The van der Waals surface area contributed by atoms with E-state index in [2.05, 4.69) is 27.3 Å². The van der Waals surface area contributed by atoms with Gasteiger partial charge in [-0.05, 0) is 25.7 Å². The monoisotopic (exact) mass is 316 g/mol. The van der Waals surface area contributed by atoms with Crippen molar-refractivity contribution in [3.05, 3.63) is 11.6 Å². The highest BCUT2D eigenvalue weighted by Gasteiger charge is 2.23. The fraction of sp³-hybridized carbons (Fsp3) is 0.692. The molecule has 1 N–H and O–H groups in total. The van der Waals surface area contributed by atoms with Crippen LogP contribution in [0.15, 0.2) is 11.6 Å². The second-order valence-electron chi connectivity index (χ2n) is 4.73. The van der Waals surface area contributed by atoms with Crippen LogP contribution in [0.1, 0.15) is 26.7 Å². The molecule has 1 aliphatic rings. The lowest BCUT2D eigenvalue weighted by molar-refractivity contribution is -0.130. The Kier molecular flexibility index (Phi) is 6.39. The van der Waals surface area contributed by atoms with Gasteiger partial charge in [0.05, 0.1) is 0 Å². The summed E-state index contributed by atoms with van der Waals surface area (Å²) < 4.78 is 0. The Morgan fingerprint density at radius 1 is 1.50 bits per heavy atom. The molecule has 0 aromatic rings. The molecule has 0 spiro atoms. The smallest absolute Gasteiger partial charge is 0.219 e. The molecule has 4 nitrogen and oxygen atoms in total. The molecule has 2 amide bonds. The van der Waals surface area contributed by atoms with Gasteiger partial charge in [0.15, 0.2) is 0 Å². The standard InChI is InChI=1S/C13H21BrN2O2/c1-10(15-9-17)7-13(8-14)12-3-5-16(6-4-12)11(2)18/h7,9-10,12H,3-6,8H2,1-2H3,(H,15,17)/b13-7-. The van der Waals surface area contributed by atoms with Gasteiger partial charge in [-0.15, -0.1) is 0 Å². The average molecular weight is 317 g/mol. The Hall–Kier alpha value is -0.840. The molecule has 0 aromatic carbocycles. The van der Waals surface area contributed by atoms with E-state index in [1.165, 1.54) is 5.57 Å². The fourth-order valence-electron chi connectivity index (χ4n) is 2.33. The zero-order valence-electron chi connectivity index (χ0n) is 11.0. The number of nitrogens with zero attached hydrogens (tertiary/aromatic N) is 1. The number of carbonyl (C=O) groups is 2. The van der Waals surface area contributed by atoms with Crippen LogP contribution in [-0.2, 0) is 9.59 Å². The van der Waals surface area contributed by atoms with Crippen molar-refractivity contribution in [1.29, 1.82) is 0 Å². The number of nitrogens with one attached hydrogen (secondary N) is 1. The van der Waals surface area contributed by atoms with Crippen molar-refractivity contribution >= 4 is 28.2 Å². The first kappa shape index (κ1) is 15.2. The van der Waals surface area contributed by atoms with E-state index in [4.69, 9.17) is 0 Å². The number of halogens is 1. The summed E-state index contributed by atoms with van der Waals surface area (Å²) in [6, 6.07) is 0.0564. The zero-order valence-corrected chi connectivity index (χ0v) is 12.6. The summed E-state index contributed by atoms with van der Waals surface area (Å²) in [5, 5.41) is 3.56. The average Bonchev–Trinajstić information content (AvgIpc) is 2.36. The first-order chi connectivity index (χ1) is 8.58. The minimum absolute atomic E-state index is 0.0564. The van der Waals surface area contributed by atoms with E-state index in [1.54, 1.807) is 6.92 Å². The van der Waals surface area contributed by atoms with Crippen LogP contribution in [-0.4, -0.2) is 41.7 Å². The number of alkyl halides is 1. The van der Waals surface area contributed by atoms with E-state index in [0.717, 1.165) is 37.7 Å². The van der Waals surface area contributed by atoms with Gasteiger partial charge >= 0.3 is 0 Å². The van der Waals surface area contributed by atoms with Gasteiger partial charge in [-0.2, -0.15) is 0 Å². The number of piperidine rings is 1. The van der Waals surface area contributed by atoms with Crippen molar-refractivity contribution in [3.8, 4) is 0 Å². The molecule has 0 bridgehead atoms. The number of amides is 2. The Labute approximate surface area is 117 Å². The Balaban J connectivity index is 2.57. The van der Waals surface area contributed by atoms with Gasteiger partial charge in [0.1, 0.15) is 0 Å². The number of hydrogen-bond acceptors (Lipinski definition) is 2. The first-order valence-electron chi connectivity index (χ1n) is 6.30. The largest absolute Gasteiger partial charge is 0.353 e. The molecule has 102 valence electrons. The predicted octanol–water partition coefficient (Wildman–Crippen LogP) is 1.70. The second kappa shape index (κ2) is 7.56. The highest BCUT2D eigenvalue weighted by atomic mass is 79.9. The number of allylic oxidation sites excluding steroid dienone is 1. The molecular formula is C13H21BrN2O2. The molecule has 0 aromatic heterocycles. The van der Waals surface area contributed by atoms with Gasteiger partial charge in [-0.25, -0.2) is 0 Å². The molecule has 18 heavy (non-hydrogen) atoms. The Morgan fingerprint density at radius 2 is 2.11 bits per heavy atom. The van der Waals surface area contributed by atoms with Crippen molar-refractivity contribution in [2.75, 3.05) is 18.4 Å². The van der Waals surface area contributed by atoms with Crippen LogP contribution in [0.25, 0.3) is 0 Å². The molecule has 1 atom stereocenters. The molecule has 1 fully saturated rings. The minimum atomic E-state index is 0.0564. The van der Waals surface area contributed by atoms with Crippen LogP contribution in [0.5, 0.6) is 0 Å². The molecule has 1 saturated heterocycles. The molecule has 0 aliphatic carbocycles. The van der Waals surface area contributed by atoms with E-state index >= 15 is 0 Å². The number of carbonyl (C=O) groups excluding carboxylic acids is 2. The Bertz CT molecular complexity index is 323. The maximum absolute atomic E-state index is 11.3. The minimum Gasteiger partial charge on any atom is -0.353 e. The van der Waals surface area contributed by atoms with Crippen LogP contribution in [0.3, 0.4) is 0 Å². The maximum atomic E-state index is 11.3. The quantitative estimate of drug-likeness (QED) is 0.477. The van der Waals surface area contributed by atoms with E-state index in [-0.39, 0.29) is 11.9 Å². The molecule has 5 heteroatoms. The van der Waals surface area contributed by atoms with Crippen molar-refractivity contribution in [1.82, 2.24) is 10.2 Å². The van der Waals surface area contributed by atoms with Gasteiger partial charge in [0, 0.05) is 31.4 Å². The third kappa shape index (κ3) is 4.44. The maximum Gasteiger partial charge on any atom is 0.219 e. The number of hydrogen-bond donors (Lipinski definition) is 1. The van der Waals surface area contributed by atoms with E-state index in [1.807, 2.05) is 11.8 Å². The van der Waals surface area contributed by atoms with Crippen molar-refractivity contribution in [2.45, 2.75) is 32.7 Å². The van der Waals surface area contributed by atoms with Crippen molar-refractivity contribution < 1.29 is 9.59 Å². The highest BCUT2D eigenvalue weighted by Crippen LogP contribution is 2.26. The Morgan fingerprint density at radius 3 is 2.56 bits per heavy atom. The molecule has 1 unspecified atom stereocenters. The van der Waals surface area contributed by atoms with Gasteiger partial charge in [0.25, 0.3) is 0 Å². The van der Waals surface area contributed by atoms with Gasteiger partial charge in [-0.1, -0.05) is 27.6 Å². The third-order valence-electron chi connectivity index (χ3n) is 3.41. The predicted molar refractivity (Wildman–Crippen MR) is 75.5 cm³/mol. The van der Waals surface area contributed by atoms with Crippen LogP contribution in [0.2, 0.25) is 0 Å². The number of likely N-dealkylation sites (tertiary alicyclic amines) is 1. The van der Waals surface area contributed by atoms with E-state index in [0.29, 0.717) is 5.92 Å². The summed E-state index contributed by atoms with van der Waals surface area (Å²) >= 11 is 3.51. The summed E-state index contributed by atoms with van der Waals surface area (Å²) in [5.41, 5.74) is 1.32. The molecule has 1 heterocycles. The fourth-order valence-corrected chi connectivity index (χ4v) is 2.98. The van der Waals surface area contributed by atoms with Gasteiger partial charge < -0.3 is 10.2 Å². The van der Waals surface area contributed by atoms with Crippen molar-refractivity contribution in [2.24, 2.45) is 5.92 Å². The van der Waals surface area contributed by atoms with Crippen LogP contribution in [0, 0.1) is 5.92 Å². The molecule has 0 saturated carbocycles. The molecular weight excluding hydrogens is 296 g/mol. The first-order valence-corrected chi connectivity index (χ1v) is 7.42. The number of rotatable bonds is 5. The summed E-state index contributed by atoms with van der Waals surface area (Å²) in [6.45, 7) is 5.25. The SMILES string of the molecule is CC(=O)N1CCC(/C(=C\C(C)NC=O)CBr)CC1. The normalized spacial score (nSPS) is 19.5. The van der Waals surface area contributed by atoms with E-state index < -0.39 is 0 Å².